The Balaban J connectivity index is 1.77. The number of nitro groups is 1. The number of benzene rings is 2. The van der Waals surface area contributed by atoms with E-state index in [1.807, 2.05) is 31.7 Å². The SMILES string of the molecule is CCOc1cc(C(=O)N2CCN(c3cccc([N+](=O)[O-])c3)CC2)cc(OCC)c1OCC. The number of ether oxygens (including phenoxy) is 3. The molecule has 0 aliphatic carbocycles. The first-order valence-corrected chi connectivity index (χ1v) is 10.8. The summed E-state index contributed by atoms with van der Waals surface area (Å²) in [5.74, 6) is 1.36. The number of piperazine rings is 1. The molecule has 2 aromatic carbocycles. The number of nitro benzene ring substituents is 1. The minimum atomic E-state index is -0.402. The van der Waals surface area contributed by atoms with Gasteiger partial charge in [-0.15, -0.1) is 0 Å². The Labute approximate surface area is 187 Å². The van der Waals surface area contributed by atoms with E-state index in [0.717, 1.165) is 5.69 Å². The molecule has 0 unspecified atom stereocenters. The van der Waals surface area contributed by atoms with Gasteiger partial charge in [-0.3, -0.25) is 14.9 Å². The van der Waals surface area contributed by atoms with Gasteiger partial charge in [0.2, 0.25) is 5.75 Å². The molecule has 0 bridgehead atoms. The molecule has 1 amide bonds. The van der Waals surface area contributed by atoms with Crippen molar-refractivity contribution in [1.82, 2.24) is 4.90 Å². The lowest BCUT2D eigenvalue weighted by molar-refractivity contribution is -0.384. The van der Waals surface area contributed by atoms with Crippen LogP contribution in [0.2, 0.25) is 0 Å². The molecule has 9 nitrogen and oxygen atoms in total. The molecule has 0 atom stereocenters. The van der Waals surface area contributed by atoms with Crippen LogP contribution in [0.15, 0.2) is 36.4 Å². The minimum Gasteiger partial charge on any atom is -0.490 e. The van der Waals surface area contributed by atoms with Crippen molar-refractivity contribution in [3.63, 3.8) is 0 Å². The van der Waals surface area contributed by atoms with Crippen molar-refractivity contribution < 1.29 is 23.9 Å². The highest BCUT2D eigenvalue weighted by atomic mass is 16.6. The summed E-state index contributed by atoms with van der Waals surface area (Å²) in [7, 11) is 0. The summed E-state index contributed by atoms with van der Waals surface area (Å²) in [6.07, 6.45) is 0. The van der Waals surface area contributed by atoms with Crippen LogP contribution in [0.25, 0.3) is 0 Å². The van der Waals surface area contributed by atoms with E-state index in [1.165, 1.54) is 6.07 Å². The number of amides is 1. The molecule has 0 N–H and O–H groups in total. The fourth-order valence-corrected chi connectivity index (χ4v) is 3.67. The number of rotatable bonds is 9. The van der Waals surface area contributed by atoms with Crippen LogP contribution in [-0.4, -0.2) is 61.7 Å². The lowest BCUT2D eigenvalue weighted by atomic mass is 10.1. The van der Waals surface area contributed by atoms with Crippen LogP contribution < -0.4 is 19.1 Å². The number of non-ortho nitro benzene ring substituents is 1. The molecule has 2 aromatic rings. The average molecular weight is 444 g/mol. The Hall–Kier alpha value is -3.49. The van der Waals surface area contributed by atoms with Gasteiger partial charge in [-0.1, -0.05) is 6.07 Å². The third-order valence-corrected chi connectivity index (χ3v) is 5.13. The molecule has 3 rings (SSSR count). The number of hydrogen-bond acceptors (Lipinski definition) is 7. The smallest absolute Gasteiger partial charge is 0.271 e. The second-order valence-electron chi connectivity index (χ2n) is 7.16. The molecule has 1 aliphatic rings. The molecule has 32 heavy (non-hydrogen) atoms. The van der Waals surface area contributed by atoms with Gasteiger partial charge in [0.25, 0.3) is 11.6 Å². The first kappa shape index (κ1) is 23.2. The lowest BCUT2D eigenvalue weighted by Gasteiger charge is -2.36. The van der Waals surface area contributed by atoms with Gasteiger partial charge in [0.1, 0.15) is 0 Å². The van der Waals surface area contributed by atoms with Gasteiger partial charge in [0, 0.05) is 49.6 Å². The number of hydrogen-bond donors (Lipinski definition) is 0. The van der Waals surface area contributed by atoms with Crippen molar-refractivity contribution in [2.75, 3.05) is 50.9 Å². The Bertz CT molecular complexity index is 929. The third kappa shape index (κ3) is 5.22. The molecule has 1 aliphatic heterocycles. The summed E-state index contributed by atoms with van der Waals surface area (Å²) in [6.45, 7) is 9.12. The number of carbonyl (C=O) groups excluding carboxylic acids is 1. The van der Waals surface area contributed by atoms with Crippen molar-refractivity contribution in [1.29, 1.82) is 0 Å². The van der Waals surface area contributed by atoms with E-state index in [-0.39, 0.29) is 11.6 Å². The quantitative estimate of drug-likeness (QED) is 0.430. The van der Waals surface area contributed by atoms with Gasteiger partial charge in [-0.25, -0.2) is 0 Å². The number of carbonyl (C=O) groups is 1. The minimum absolute atomic E-state index is 0.0577. The zero-order valence-corrected chi connectivity index (χ0v) is 18.7. The highest BCUT2D eigenvalue weighted by Crippen LogP contribution is 2.39. The summed E-state index contributed by atoms with van der Waals surface area (Å²) < 4.78 is 17.2. The molecular weight excluding hydrogens is 414 g/mol. The largest absolute Gasteiger partial charge is 0.490 e. The topological polar surface area (TPSA) is 94.4 Å². The highest BCUT2D eigenvalue weighted by molar-refractivity contribution is 5.96. The van der Waals surface area contributed by atoms with Crippen LogP contribution in [0.3, 0.4) is 0 Å². The monoisotopic (exact) mass is 443 g/mol. The van der Waals surface area contributed by atoms with Gasteiger partial charge in [0.15, 0.2) is 11.5 Å². The molecule has 1 saturated heterocycles. The molecule has 0 radical (unpaired) electrons. The van der Waals surface area contributed by atoms with Crippen LogP contribution in [0.4, 0.5) is 11.4 Å². The average Bonchev–Trinajstić information content (AvgIpc) is 2.81. The molecule has 0 aromatic heterocycles. The fourth-order valence-electron chi connectivity index (χ4n) is 3.67. The maximum absolute atomic E-state index is 13.2. The Morgan fingerprint density at radius 1 is 0.938 bits per heavy atom. The summed E-state index contributed by atoms with van der Waals surface area (Å²) in [5.41, 5.74) is 1.32. The molecule has 0 spiro atoms. The fraction of sp³-hybridized carbons (Fsp3) is 0.435. The standard InChI is InChI=1S/C23H29N3O6/c1-4-30-20-14-17(15-21(31-5-2)22(20)32-6-3)23(27)25-12-10-24(11-13-25)18-8-7-9-19(16-18)26(28)29/h7-9,14-16H,4-6,10-13H2,1-3H3. The summed E-state index contributed by atoms with van der Waals surface area (Å²) >= 11 is 0. The summed E-state index contributed by atoms with van der Waals surface area (Å²) in [4.78, 5) is 27.7. The van der Waals surface area contributed by atoms with Crippen molar-refractivity contribution in [2.45, 2.75) is 20.8 Å². The molecular formula is C23H29N3O6. The Morgan fingerprint density at radius 2 is 1.53 bits per heavy atom. The molecule has 1 fully saturated rings. The van der Waals surface area contributed by atoms with Crippen LogP contribution in [0.1, 0.15) is 31.1 Å². The zero-order chi connectivity index (χ0) is 23.1. The second-order valence-corrected chi connectivity index (χ2v) is 7.16. The molecule has 1 heterocycles. The van der Waals surface area contributed by atoms with Gasteiger partial charge in [-0.2, -0.15) is 0 Å². The summed E-state index contributed by atoms with van der Waals surface area (Å²) in [6, 6.07) is 9.96. The maximum atomic E-state index is 13.2. The molecule has 0 saturated carbocycles. The van der Waals surface area contributed by atoms with E-state index >= 15 is 0 Å². The Morgan fingerprint density at radius 3 is 2.06 bits per heavy atom. The highest BCUT2D eigenvalue weighted by Gasteiger charge is 2.25. The van der Waals surface area contributed by atoms with Gasteiger partial charge >= 0.3 is 0 Å². The van der Waals surface area contributed by atoms with Gasteiger partial charge in [0.05, 0.1) is 24.7 Å². The van der Waals surface area contributed by atoms with Crippen molar-refractivity contribution in [3.8, 4) is 17.2 Å². The van der Waals surface area contributed by atoms with Gasteiger partial charge in [-0.05, 0) is 39.0 Å². The lowest BCUT2D eigenvalue weighted by Crippen LogP contribution is -2.48. The van der Waals surface area contributed by atoms with Crippen LogP contribution in [-0.2, 0) is 0 Å². The van der Waals surface area contributed by atoms with E-state index in [0.29, 0.717) is 68.8 Å². The summed E-state index contributed by atoms with van der Waals surface area (Å²) in [5, 5.41) is 11.1. The first-order valence-electron chi connectivity index (χ1n) is 10.8. The maximum Gasteiger partial charge on any atom is 0.271 e. The molecule has 172 valence electrons. The van der Waals surface area contributed by atoms with Crippen molar-refractivity contribution in [2.24, 2.45) is 0 Å². The molecule has 9 heteroatoms. The van der Waals surface area contributed by atoms with Crippen molar-refractivity contribution in [3.05, 3.63) is 52.1 Å². The van der Waals surface area contributed by atoms with E-state index in [2.05, 4.69) is 0 Å². The van der Waals surface area contributed by atoms with E-state index in [4.69, 9.17) is 14.2 Å². The number of nitrogens with zero attached hydrogens (tertiary/aromatic N) is 3. The van der Waals surface area contributed by atoms with E-state index in [9.17, 15) is 14.9 Å². The predicted octanol–water partition coefficient (Wildman–Crippen LogP) is 3.75. The van der Waals surface area contributed by atoms with Crippen LogP contribution >= 0.6 is 0 Å². The van der Waals surface area contributed by atoms with E-state index in [1.54, 1.807) is 29.2 Å². The zero-order valence-electron chi connectivity index (χ0n) is 18.7. The van der Waals surface area contributed by atoms with Crippen molar-refractivity contribution >= 4 is 17.3 Å². The van der Waals surface area contributed by atoms with Crippen LogP contribution in [0.5, 0.6) is 17.2 Å². The van der Waals surface area contributed by atoms with Crippen LogP contribution in [0, 0.1) is 10.1 Å². The number of anilines is 1. The first-order chi connectivity index (χ1) is 15.5. The third-order valence-electron chi connectivity index (χ3n) is 5.13. The predicted molar refractivity (Wildman–Crippen MR) is 121 cm³/mol. The normalized spacial score (nSPS) is 13.6. The Kier molecular flexibility index (Phi) is 7.75. The van der Waals surface area contributed by atoms with E-state index < -0.39 is 4.92 Å². The second kappa shape index (κ2) is 10.7. The van der Waals surface area contributed by atoms with Gasteiger partial charge < -0.3 is 24.0 Å².